The number of hydrogen-bond acceptors (Lipinski definition) is 5. The summed E-state index contributed by atoms with van der Waals surface area (Å²) in [6, 6.07) is 0.477. The summed E-state index contributed by atoms with van der Waals surface area (Å²) in [6.07, 6.45) is 6.09. The number of piperidine rings is 1. The first-order chi connectivity index (χ1) is 9.83. The third kappa shape index (κ3) is 1.86. The SMILES string of the molecule is CN1CCC(n2nc3c4c(ncnc42)NCCC3)CC1. The molecule has 0 spiro atoms. The van der Waals surface area contributed by atoms with Gasteiger partial charge in [-0.15, -0.1) is 0 Å². The summed E-state index contributed by atoms with van der Waals surface area (Å²) >= 11 is 0. The maximum atomic E-state index is 4.88. The Kier molecular flexibility index (Phi) is 2.84. The minimum absolute atomic E-state index is 0.477. The molecule has 2 aromatic rings. The Morgan fingerprint density at radius 3 is 2.95 bits per heavy atom. The smallest absolute Gasteiger partial charge is 0.163 e. The number of likely N-dealkylation sites (tertiary alicyclic amines) is 1. The monoisotopic (exact) mass is 272 g/mol. The highest BCUT2D eigenvalue weighted by Gasteiger charge is 2.25. The molecule has 2 aliphatic rings. The molecule has 0 bridgehead atoms. The molecule has 0 amide bonds. The van der Waals surface area contributed by atoms with Gasteiger partial charge >= 0.3 is 0 Å². The molecule has 106 valence electrons. The first kappa shape index (κ1) is 12.1. The predicted molar refractivity (Wildman–Crippen MR) is 77.9 cm³/mol. The number of nitrogens with one attached hydrogen (secondary N) is 1. The second kappa shape index (κ2) is 4.70. The zero-order valence-electron chi connectivity index (χ0n) is 11.8. The van der Waals surface area contributed by atoms with Gasteiger partial charge in [-0.25, -0.2) is 14.6 Å². The predicted octanol–water partition coefficient (Wildman–Crippen LogP) is 1.45. The average molecular weight is 272 g/mol. The number of hydrogen-bond donors (Lipinski definition) is 1. The van der Waals surface area contributed by atoms with E-state index in [4.69, 9.17) is 5.10 Å². The molecule has 6 heteroatoms. The Balaban J connectivity index is 1.81. The first-order valence-corrected chi connectivity index (χ1v) is 7.47. The van der Waals surface area contributed by atoms with Gasteiger partial charge in [0.15, 0.2) is 5.65 Å². The second-order valence-electron chi connectivity index (χ2n) is 5.88. The molecule has 4 heterocycles. The van der Waals surface area contributed by atoms with Crippen molar-refractivity contribution in [3.63, 3.8) is 0 Å². The molecular weight excluding hydrogens is 252 g/mol. The molecule has 20 heavy (non-hydrogen) atoms. The van der Waals surface area contributed by atoms with E-state index in [0.29, 0.717) is 6.04 Å². The molecule has 0 unspecified atom stereocenters. The van der Waals surface area contributed by atoms with Crippen LogP contribution in [-0.2, 0) is 6.42 Å². The van der Waals surface area contributed by atoms with Crippen molar-refractivity contribution in [2.24, 2.45) is 0 Å². The maximum absolute atomic E-state index is 4.88. The number of nitrogens with zero attached hydrogens (tertiary/aromatic N) is 5. The van der Waals surface area contributed by atoms with Crippen molar-refractivity contribution in [1.29, 1.82) is 0 Å². The summed E-state index contributed by atoms with van der Waals surface area (Å²) in [7, 11) is 2.19. The molecule has 1 fully saturated rings. The Labute approximate surface area is 118 Å². The lowest BCUT2D eigenvalue weighted by Crippen LogP contribution is -2.32. The molecule has 1 N–H and O–H groups in total. The normalized spacial score (nSPS) is 20.9. The van der Waals surface area contributed by atoms with E-state index < -0.39 is 0 Å². The summed E-state index contributed by atoms with van der Waals surface area (Å²) < 4.78 is 2.16. The molecular formula is C14H20N6. The fraction of sp³-hybridized carbons (Fsp3) is 0.643. The molecule has 0 saturated carbocycles. The van der Waals surface area contributed by atoms with Gasteiger partial charge in [0.2, 0.25) is 0 Å². The van der Waals surface area contributed by atoms with Gasteiger partial charge in [-0.1, -0.05) is 0 Å². The summed E-state index contributed by atoms with van der Waals surface area (Å²) in [6.45, 7) is 3.24. The number of anilines is 1. The minimum atomic E-state index is 0.477. The van der Waals surface area contributed by atoms with E-state index in [2.05, 4.69) is 31.9 Å². The van der Waals surface area contributed by atoms with Gasteiger partial charge in [-0.2, -0.15) is 5.10 Å². The van der Waals surface area contributed by atoms with E-state index in [9.17, 15) is 0 Å². The van der Waals surface area contributed by atoms with Crippen molar-refractivity contribution in [2.45, 2.75) is 31.7 Å². The van der Waals surface area contributed by atoms with Crippen molar-refractivity contribution in [3.05, 3.63) is 12.0 Å². The Morgan fingerprint density at radius 1 is 1.25 bits per heavy atom. The zero-order valence-corrected chi connectivity index (χ0v) is 11.8. The van der Waals surface area contributed by atoms with Crippen LogP contribution in [0, 0.1) is 0 Å². The standard InChI is InChI=1S/C14H20N6/c1-19-7-4-10(5-8-19)20-14-12-11(18-20)3-2-6-15-13(12)16-9-17-14/h9-10H,2-8H2,1H3,(H,15,16,17). The third-order valence-corrected chi connectivity index (χ3v) is 4.48. The average Bonchev–Trinajstić information content (AvgIpc) is 2.71. The Morgan fingerprint density at radius 2 is 2.10 bits per heavy atom. The molecule has 2 aliphatic heterocycles. The van der Waals surface area contributed by atoms with Crippen molar-refractivity contribution in [1.82, 2.24) is 24.6 Å². The van der Waals surface area contributed by atoms with Gasteiger partial charge in [0.25, 0.3) is 0 Å². The van der Waals surface area contributed by atoms with E-state index in [1.54, 1.807) is 6.33 Å². The van der Waals surface area contributed by atoms with E-state index in [1.807, 2.05) is 0 Å². The summed E-state index contributed by atoms with van der Waals surface area (Å²) in [5, 5.41) is 9.43. The van der Waals surface area contributed by atoms with Gasteiger partial charge in [0.1, 0.15) is 12.1 Å². The lowest BCUT2D eigenvalue weighted by atomic mass is 10.1. The third-order valence-electron chi connectivity index (χ3n) is 4.48. The summed E-state index contributed by atoms with van der Waals surface area (Å²) in [4.78, 5) is 11.3. The van der Waals surface area contributed by atoms with Crippen LogP contribution in [-0.4, -0.2) is 51.3 Å². The lowest BCUT2D eigenvalue weighted by molar-refractivity contribution is 0.214. The van der Waals surface area contributed by atoms with E-state index >= 15 is 0 Å². The highest BCUT2D eigenvalue weighted by Crippen LogP contribution is 2.31. The molecule has 4 rings (SSSR count). The molecule has 2 aromatic heterocycles. The first-order valence-electron chi connectivity index (χ1n) is 7.47. The summed E-state index contributed by atoms with van der Waals surface area (Å²) in [5.41, 5.74) is 2.17. The van der Waals surface area contributed by atoms with Crippen LogP contribution in [0.25, 0.3) is 11.0 Å². The van der Waals surface area contributed by atoms with Crippen molar-refractivity contribution in [3.8, 4) is 0 Å². The Hall–Kier alpha value is -1.69. The van der Waals surface area contributed by atoms with Gasteiger partial charge in [-0.3, -0.25) is 0 Å². The van der Waals surface area contributed by atoms with Gasteiger partial charge in [-0.05, 0) is 45.8 Å². The largest absolute Gasteiger partial charge is 0.369 e. The molecule has 0 aliphatic carbocycles. The highest BCUT2D eigenvalue weighted by atomic mass is 15.3. The molecule has 0 radical (unpaired) electrons. The van der Waals surface area contributed by atoms with Crippen LogP contribution in [0.1, 0.15) is 31.0 Å². The number of rotatable bonds is 1. The van der Waals surface area contributed by atoms with Crippen LogP contribution in [0.5, 0.6) is 0 Å². The maximum Gasteiger partial charge on any atom is 0.163 e. The van der Waals surface area contributed by atoms with Gasteiger partial charge in [0.05, 0.1) is 17.1 Å². The van der Waals surface area contributed by atoms with E-state index in [0.717, 1.165) is 62.2 Å². The van der Waals surface area contributed by atoms with Crippen molar-refractivity contribution < 1.29 is 0 Å². The topological polar surface area (TPSA) is 58.9 Å². The lowest BCUT2D eigenvalue weighted by Gasteiger charge is -2.29. The second-order valence-corrected chi connectivity index (χ2v) is 5.88. The highest BCUT2D eigenvalue weighted by molar-refractivity contribution is 5.89. The zero-order chi connectivity index (χ0) is 13.5. The van der Waals surface area contributed by atoms with Gasteiger partial charge < -0.3 is 10.2 Å². The number of aryl methyl sites for hydroxylation is 1. The quantitative estimate of drug-likeness (QED) is 0.851. The molecule has 0 atom stereocenters. The van der Waals surface area contributed by atoms with Crippen molar-refractivity contribution >= 4 is 16.9 Å². The van der Waals surface area contributed by atoms with Gasteiger partial charge in [0, 0.05) is 6.54 Å². The van der Waals surface area contributed by atoms with Crippen LogP contribution in [0.4, 0.5) is 5.82 Å². The van der Waals surface area contributed by atoms with Crippen LogP contribution < -0.4 is 5.32 Å². The van der Waals surface area contributed by atoms with E-state index in [-0.39, 0.29) is 0 Å². The fourth-order valence-electron chi connectivity index (χ4n) is 3.31. The fourth-order valence-corrected chi connectivity index (χ4v) is 3.31. The van der Waals surface area contributed by atoms with E-state index in [1.165, 1.54) is 5.69 Å². The summed E-state index contributed by atoms with van der Waals surface area (Å²) in [5.74, 6) is 0.960. The van der Waals surface area contributed by atoms with Crippen LogP contribution in [0.3, 0.4) is 0 Å². The van der Waals surface area contributed by atoms with Crippen LogP contribution >= 0.6 is 0 Å². The minimum Gasteiger partial charge on any atom is -0.369 e. The molecule has 0 aromatic carbocycles. The van der Waals surface area contributed by atoms with Crippen molar-refractivity contribution in [2.75, 3.05) is 32.0 Å². The molecule has 6 nitrogen and oxygen atoms in total. The Bertz CT molecular complexity index is 626. The van der Waals surface area contributed by atoms with Crippen LogP contribution in [0.2, 0.25) is 0 Å². The van der Waals surface area contributed by atoms with Crippen LogP contribution in [0.15, 0.2) is 6.33 Å². The molecule has 1 saturated heterocycles. The number of aromatic nitrogens is 4.